The molecule has 0 bridgehead atoms. The van der Waals surface area contributed by atoms with E-state index in [1.165, 1.54) is 0 Å². The van der Waals surface area contributed by atoms with Gasteiger partial charge < -0.3 is 11.1 Å². The molecule has 0 aliphatic heterocycles. The van der Waals surface area contributed by atoms with Gasteiger partial charge in [-0.05, 0) is 23.8 Å². The van der Waals surface area contributed by atoms with Gasteiger partial charge in [-0.3, -0.25) is 0 Å². The van der Waals surface area contributed by atoms with Crippen molar-refractivity contribution in [1.82, 2.24) is 5.32 Å². The monoisotopic (exact) mass is 262 g/mol. The number of hydrogen-bond donors (Lipinski definition) is 2. The van der Waals surface area contributed by atoms with E-state index in [1.807, 2.05) is 18.2 Å². The molecule has 0 heterocycles. The summed E-state index contributed by atoms with van der Waals surface area (Å²) in [5.74, 6) is 0. The first-order valence-corrected chi connectivity index (χ1v) is 5.25. The lowest BCUT2D eigenvalue weighted by Gasteiger charge is -2.04. The summed E-state index contributed by atoms with van der Waals surface area (Å²) in [6.45, 7) is 2.28. The molecule has 0 unspecified atom stereocenters. The third kappa shape index (κ3) is 4.09. The van der Waals surface area contributed by atoms with Crippen molar-refractivity contribution in [3.05, 3.63) is 33.3 Å². The zero-order valence-electron chi connectivity index (χ0n) is 7.19. The molecule has 0 saturated heterocycles. The highest BCUT2D eigenvalue weighted by molar-refractivity contribution is 9.10. The van der Waals surface area contributed by atoms with Crippen molar-refractivity contribution in [3.63, 3.8) is 0 Å². The molecule has 0 aliphatic carbocycles. The first-order valence-electron chi connectivity index (χ1n) is 4.08. The summed E-state index contributed by atoms with van der Waals surface area (Å²) in [5.41, 5.74) is 6.51. The fourth-order valence-electron chi connectivity index (χ4n) is 1.05. The Labute approximate surface area is 91.6 Å². The molecule has 13 heavy (non-hydrogen) atoms. The van der Waals surface area contributed by atoms with Crippen molar-refractivity contribution in [1.29, 1.82) is 0 Å². The van der Waals surface area contributed by atoms with Crippen LogP contribution >= 0.6 is 27.5 Å². The quantitative estimate of drug-likeness (QED) is 0.817. The summed E-state index contributed by atoms with van der Waals surface area (Å²) in [6, 6.07) is 5.85. The fraction of sp³-hybridized carbons (Fsp3) is 0.333. The van der Waals surface area contributed by atoms with Crippen molar-refractivity contribution >= 4 is 27.5 Å². The molecule has 4 heteroatoms. The van der Waals surface area contributed by atoms with Crippen LogP contribution in [0.3, 0.4) is 0 Å². The van der Waals surface area contributed by atoms with E-state index in [9.17, 15) is 0 Å². The number of nitrogens with one attached hydrogen (secondary N) is 1. The van der Waals surface area contributed by atoms with Crippen LogP contribution in [0.4, 0.5) is 0 Å². The molecule has 0 amide bonds. The largest absolute Gasteiger partial charge is 0.329 e. The Hall–Kier alpha value is -0.0900. The second kappa shape index (κ2) is 5.60. The van der Waals surface area contributed by atoms with Gasteiger partial charge in [-0.1, -0.05) is 27.5 Å². The lowest BCUT2D eigenvalue weighted by Crippen LogP contribution is -2.21. The molecule has 0 spiro atoms. The van der Waals surface area contributed by atoms with E-state index < -0.39 is 0 Å². The highest BCUT2D eigenvalue weighted by Crippen LogP contribution is 2.19. The van der Waals surface area contributed by atoms with Crippen LogP contribution in [0.25, 0.3) is 0 Å². The maximum atomic E-state index is 5.88. The molecule has 0 aliphatic rings. The van der Waals surface area contributed by atoms with Crippen LogP contribution in [0.1, 0.15) is 5.56 Å². The van der Waals surface area contributed by atoms with Gasteiger partial charge in [-0.25, -0.2) is 0 Å². The van der Waals surface area contributed by atoms with Crippen LogP contribution in [-0.4, -0.2) is 13.1 Å². The van der Waals surface area contributed by atoms with Crippen LogP contribution in [0.5, 0.6) is 0 Å². The smallest absolute Gasteiger partial charge is 0.0420 e. The van der Waals surface area contributed by atoms with Crippen molar-refractivity contribution in [2.45, 2.75) is 6.54 Å². The topological polar surface area (TPSA) is 38.0 Å². The molecule has 0 atom stereocenters. The number of benzene rings is 1. The molecule has 72 valence electrons. The third-order valence-electron chi connectivity index (χ3n) is 1.57. The van der Waals surface area contributed by atoms with Crippen LogP contribution in [0.15, 0.2) is 22.7 Å². The molecular weight excluding hydrogens is 251 g/mol. The van der Waals surface area contributed by atoms with Crippen molar-refractivity contribution in [3.8, 4) is 0 Å². The van der Waals surface area contributed by atoms with Gasteiger partial charge in [-0.15, -0.1) is 0 Å². The summed E-state index contributed by atoms with van der Waals surface area (Å²) in [7, 11) is 0. The van der Waals surface area contributed by atoms with Crippen molar-refractivity contribution in [2.24, 2.45) is 5.73 Å². The Morgan fingerprint density at radius 2 is 2.15 bits per heavy atom. The highest BCUT2D eigenvalue weighted by atomic mass is 79.9. The fourth-order valence-corrected chi connectivity index (χ4v) is 1.98. The van der Waals surface area contributed by atoms with Crippen LogP contribution in [0.2, 0.25) is 5.02 Å². The van der Waals surface area contributed by atoms with Gasteiger partial charge in [0, 0.05) is 29.1 Å². The molecule has 0 radical (unpaired) electrons. The molecule has 0 saturated carbocycles. The molecule has 1 aromatic rings. The summed E-state index contributed by atoms with van der Waals surface area (Å²) in [5, 5.41) is 3.95. The maximum Gasteiger partial charge on any atom is 0.0420 e. The Bertz CT molecular complexity index is 258. The second-order valence-electron chi connectivity index (χ2n) is 2.74. The van der Waals surface area contributed by atoms with Gasteiger partial charge >= 0.3 is 0 Å². The van der Waals surface area contributed by atoms with Gasteiger partial charge in [0.2, 0.25) is 0 Å². The first kappa shape index (κ1) is 11.0. The average molecular weight is 264 g/mol. The zero-order valence-corrected chi connectivity index (χ0v) is 9.53. The Kier molecular flexibility index (Phi) is 4.73. The van der Waals surface area contributed by atoms with E-state index in [0.717, 1.165) is 28.1 Å². The number of rotatable bonds is 4. The van der Waals surface area contributed by atoms with E-state index in [1.54, 1.807) is 0 Å². The third-order valence-corrected chi connectivity index (χ3v) is 2.25. The van der Waals surface area contributed by atoms with Gasteiger partial charge in [0.25, 0.3) is 0 Å². The highest BCUT2D eigenvalue weighted by Gasteiger charge is 1.96. The summed E-state index contributed by atoms with van der Waals surface area (Å²) in [6.07, 6.45) is 0. The first-order chi connectivity index (χ1) is 6.22. The number of halogens is 2. The zero-order chi connectivity index (χ0) is 9.68. The standard InChI is InChI=1S/C9H12BrClN2/c10-8-3-7(4-9(11)5-8)6-13-2-1-12/h3-5,13H,1-2,6,12H2. The minimum Gasteiger partial charge on any atom is -0.329 e. The predicted molar refractivity (Wildman–Crippen MR) is 59.9 cm³/mol. The van der Waals surface area contributed by atoms with E-state index in [4.69, 9.17) is 17.3 Å². The minimum atomic E-state index is 0.654. The van der Waals surface area contributed by atoms with E-state index in [2.05, 4.69) is 21.2 Å². The van der Waals surface area contributed by atoms with Gasteiger partial charge in [0.05, 0.1) is 0 Å². The molecule has 0 fully saturated rings. The minimum absolute atomic E-state index is 0.654. The number of hydrogen-bond acceptors (Lipinski definition) is 2. The lowest BCUT2D eigenvalue weighted by atomic mass is 10.2. The van der Waals surface area contributed by atoms with Crippen LogP contribution in [-0.2, 0) is 6.54 Å². The molecule has 1 rings (SSSR count). The Balaban J connectivity index is 2.56. The number of nitrogens with two attached hydrogens (primary N) is 1. The van der Waals surface area contributed by atoms with Gasteiger partial charge in [0.1, 0.15) is 0 Å². The molecule has 0 aromatic heterocycles. The normalized spacial score (nSPS) is 10.4. The predicted octanol–water partition coefficient (Wildman–Crippen LogP) is 2.15. The Morgan fingerprint density at radius 1 is 1.38 bits per heavy atom. The summed E-state index contributed by atoms with van der Waals surface area (Å²) in [4.78, 5) is 0. The van der Waals surface area contributed by atoms with E-state index in [-0.39, 0.29) is 0 Å². The SMILES string of the molecule is NCCNCc1cc(Cl)cc(Br)c1. The van der Waals surface area contributed by atoms with Crippen LogP contribution in [0, 0.1) is 0 Å². The van der Waals surface area contributed by atoms with E-state index in [0.29, 0.717) is 6.54 Å². The Morgan fingerprint density at radius 3 is 2.77 bits per heavy atom. The van der Waals surface area contributed by atoms with Crippen LogP contribution < -0.4 is 11.1 Å². The maximum absolute atomic E-state index is 5.88. The van der Waals surface area contributed by atoms with E-state index >= 15 is 0 Å². The molecule has 1 aromatic carbocycles. The molecule has 2 nitrogen and oxygen atoms in total. The average Bonchev–Trinajstić information content (AvgIpc) is 2.03. The van der Waals surface area contributed by atoms with Gasteiger partial charge in [0.15, 0.2) is 0 Å². The lowest BCUT2D eigenvalue weighted by molar-refractivity contribution is 0.695. The van der Waals surface area contributed by atoms with Gasteiger partial charge in [-0.2, -0.15) is 0 Å². The summed E-state index contributed by atoms with van der Waals surface area (Å²) < 4.78 is 1.00. The molecular formula is C9H12BrClN2. The van der Waals surface area contributed by atoms with Crippen molar-refractivity contribution in [2.75, 3.05) is 13.1 Å². The summed E-state index contributed by atoms with van der Waals surface area (Å²) >= 11 is 9.27. The second-order valence-corrected chi connectivity index (χ2v) is 4.10. The molecule has 3 N–H and O–H groups in total. The van der Waals surface area contributed by atoms with Crippen molar-refractivity contribution < 1.29 is 0 Å².